The maximum absolute atomic E-state index is 14.0. The molecule has 0 heterocycles. The highest BCUT2D eigenvalue weighted by atomic mass is 79.9. The summed E-state index contributed by atoms with van der Waals surface area (Å²) in [6.45, 7) is 5.77. The number of ether oxygens (including phenoxy) is 1. The van der Waals surface area contributed by atoms with Gasteiger partial charge in [-0.25, -0.2) is 8.42 Å². The SMILES string of the molecule is CCCNC(=O)C(C)N(Cc1ccc(Br)cc1)C(=O)CN(c1ccccc1OCC)S(=O)(=O)c1ccccc1. The molecule has 8 nitrogen and oxygen atoms in total. The molecule has 3 aromatic carbocycles. The van der Waals surface area contributed by atoms with Gasteiger partial charge in [0.2, 0.25) is 11.8 Å². The zero-order valence-electron chi connectivity index (χ0n) is 22.3. The fourth-order valence-electron chi connectivity index (χ4n) is 3.94. The van der Waals surface area contributed by atoms with E-state index in [0.717, 1.165) is 20.8 Å². The van der Waals surface area contributed by atoms with Crippen molar-refractivity contribution in [1.82, 2.24) is 10.2 Å². The Hall–Kier alpha value is -3.37. The second-order valence-corrected chi connectivity index (χ2v) is 11.6. The summed E-state index contributed by atoms with van der Waals surface area (Å²) in [6, 6.07) is 21.2. The lowest BCUT2D eigenvalue weighted by atomic mass is 10.1. The fraction of sp³-hybridized carbons (Fsp3) is 0.310. The van der Waals surface area contributed by atoms with E-state index in [1.54, 1.807) is 56.3 Å². The number of anilines is 1. The van der Waals surface area contributed by atoms with Crippen LogP contribution < -0.4 is 14.4 Å². The summed E-state index contributed by atoms with van der Waals surface area (Å²) >= 11 is 3.41. The number of amides is 2. The van der Waals surface area contributed by atoms with Crippen LogP contribution in [0, 0.1) is 0 Å². The van der Waals surface area contributed by atoms with Crippen LogP contribution in [0.3, 0.4) is 0 Å². The lowest BCUT2D eigenvalue weighted by Gasteiger charge is -2.32. The largest absolute Gasteiger partial charge is 0.492 e. The Kier molecular flexibility index (Phi) is 10.9. The molecular weight excluding hydrogens is 582 g/mol. The quantitative estimate of drug-likeness (QED) is 0.292. The monoisotopic (exact) mass is 615 g/mol. The van der Waals surface area contributed by atoms with Gasteiger partial charge in [0.15, 0.2) is 0 Å². The summed E-state index contributed by atoms with van der Waals surface area (Å²) in [5, 5.41) is 2.84. The molecule has 1 N–H and O–H groups in total. The summed E-state index contributed by atoms with van der Waals surface area (Å²) < 4.78 is 35.5. The van der Waals surface area contributed by atoms with Crippen LogP contribution in [-0.2, 0) is 26.2 Å². The molecular formula is C29H34BrN3O5S. The number of para-hydroxylation sites is 2. The lowest BCUT2D eigenvalue weighted by molar-refractivity contribution is -0.139. The van der Waals surface area contributed by atoms with Crippen LogP contribution >= 0.6 is 15.9 Å². The molecule has 0 aliphatic carbocycles. The zero-order valence-corrected chi connectivity index (χ0v) is 24.7. The van der Waals surface area contributed by atoms with E-state index >= 15 is 0 Å². The van der Waals surface area contributed by atoms with Crippen molar-refractivity contribution < 1.29 is 22.7 Å². The third kappa shape index (κ3) is 7.83. The van der Waals surface area contributed by atoms with Gasteiger partial charge in [0.25, 0.3) is 10.0 Å². The smallest absolute Gasteiger partial charge is 0.264 e. The normalized spacial score (nSPS) is 11.9. The van der Waals surface area contributed by atoms with Crippen LogP contribution in [0.2, 0.25) is 0 Å². The molecule has 3 rings (SSSR count). The van der Waals surface area contributed by atoms with Gasteiger partial charge in [-0.3, -0.25) is 13.9 Å². The Labute approximate surface area is 239 Å². The molecule has 10 heteroatoms. The molecule has 2 amide bonds. The molecule has 0 spiro atoms. The molecule has 1 unspecified atom stereocenters. The van der Waals surface area contributed by atoms with E-state index in [1.807, 2.05) is 31.2 Å². The molecule has 39 heavy (non-hydrogen) atoms. The number of rotatable bonds is 13. The molecule has 0 aliphatic rings. The molecule has 0 radical (unpaired) electrons. The number of sulfonamides is 1. The van der Waals surface area contributed by atoms with Crippen molar-refractivity contribution in [2.24, 2.45) is 0 Å². The summed E-state index contributed by atoms with van der Waals surface area (Å²) in [4.78, 5) is 28.3. The van der Waals surface area contributed by atoms with Gasteiger partial charge in [0.05, 0.1) is 17.2 Å². The van der Waals surface area contributed by atoms with Gasteiger partial charge in [-0.05, 0) is 62.2 Å². The summed E-state index contributed by atoms with van der Waals surface area (Å²) in [5.41, 5.74) is 1.04. The third-order valence-corrected chi connectivity index (χ3v) is 8.33. The second-order valence-electron chi connectivity index (χ2n) is 8.84. The molecule has 0 bridgehead atoms. The molecule has 208 valence electrons. The van der Waals surface area contributed by atoms with Crippen LogP contribution in [-0.4, -0.2) is 50.9 Å². The average Bonchev–Trinajstić information content (AvgIpc) is 2.94. The minimum Gasteiger partial charge on any atom is -0.492 e. The van der Waals surface area contributed by atoms with E-state index in [1.165, 1.54) is 17.0 Å². The first-order chi connectivity index (χ1) is 18.7. The maximum atomic E-state index is 14.0. The molecule has 0 fully saturated rings. The van der Waals surface area contributed by atoms with Gasteiger partial charge in [-0.1, -0.05) is 65.3 Å². The Morgan fingerprint density at radius 3 is 2.23 bits per heavy atom. The summed E-state index contributed by atoms with van der Waals surface area (Å²) in [7, 11) is -4.16. The topological polar surface area (TPSA) is 96.0 Å². The van der Waals surface area contributed by atoms with Gasteiger partial charge in [0.1, 0.15) is 18.3 Å². The number of benzene rings is 3. The molecule has 0 aliphatic heterocycles. The number of carbonyl (C=O) groups excluding carboxylic acids is 2. The Morgan fingerprint density at radius 1 is 0.949 bits per heavy atom. The first-order valence-corrected chi connectivity index (χ1v) is 15.0. The van der Waals surface area contributed by atoms with E-state index in [4.69, 9.17) is 4.74 Å². The highest BCUT2D eigenvalue weighted by Gasteiger charge is 2.33. The molecule has 1 atom stereocenters. The van der Waals surface area contributed by atoms with E-state index in [-0.39, 0.29) is 23.0 Å². The van der Waals surface area contributed by atoms with Crippen LogP contribution in [0.5, 0.6) is 5.75 Å². The molecule has 0 saturated heterocycles. The van der Waals surface area contributed by atoms with Gasteiger partial charge in [-0.15, -0.1) is 0 Å². The zero-order chi connectivity index (χ0) is 28.4. The molecule has 0 aromatic heterocycles. The van der Waals surface area contributed by atoms with Crippen molar-refractivity contribution in [2.45, 2.75) is 44.7 Å². The van der Waals surface area contributed by atoms with Gasteiger partial charge in [-0.2, -0.15) is 0 Å². The first-order valence-electron chi connectivity index (χ1n) is 12.8. The van der Waals surface area contributed by atoms with Gasteiger partial charge < -0.3 is 15.0 Å². The third-order valence-electron chi connectivity index (χ3n) is 6.03. The minimum absolute atomic E-state index is 0.0392. The lowest BCUT2D eigenvalue weighted by Crippen LogP contribution is -2.51. The molecule has 3 aromatic rings. The van der Waals surface area contributed by atoms with E-state index in [2.05, 4.69) is 21.2 Å². The fourth-order valence-corrected chi connectivity index (χ4v) is 5.65. The van der Waals surface area contributed by atoms with Crippen LogP contribution in [0.1, 0.15) is 32.8 Å². The van der Waals surface area contributed by atoms with Gasteiger partial charge >= 0.3 is 0 Å². The summed E-state index contributed by atoms with van der Waals surface area (Å²) in [5.74, 6) is -0.502. The predicted molar refractivity (Wildman–Crippen MR) is 156 cm³/mol. The Bertz CT molecular complexity index is 1350. The second kappa shape index (κ2) is 14.1. The standard InChI is InChI=1S/C29H34BrN3O5S/c1-4-19-31-29(35)22(3)32(20-23-15-17-24(30)18-16-23)28(34)21-33(26-13-9-10-14-27(26)38-5-2)39(36,37)25-11-7-6-8-12-25/h6-18,22H,4-5,19-21H2,1-3H3,(H,31,35). The van der Waals surface area contributed by atoms with Crippen molar-refractivity contribution in [3.05, 3.63) is 88.9 Å². The van der Waals surface area contributed by atoms with E-state index in [0.29, 0.717) is 18.9 Å². The first kappa shape index (κ1) is 30.2. The van der Waals surface area contributed by atoms with Crippen molar-refractivity contribution in [2.75, 3.05) is 24.0 Å². The number of nitrogens with zero attached hydrogens (tertiary/aromatic N) is 2. The van der Waals surface area contributed by atoms with Crippen LogP contribution in [0.4, 0.5) is 5.69 Å². The Balaban J connectivity index is 2.05. The number of carbonyl (C=O) groups is 2. The predicted octanol–water partition coefficient (Wildman–Crippen LogP) is 4.99. The van der Waals surface area contributed by atoms with Gasteiger partial charge in [0, 0.05) is 17.6 Å². The summed E-state index contributed by atoms with van der Waals surface area (Å²) in [6.07, 6.45) is 0.746. The van der Waals surface area contributed by atoms with Crippen molar-refractivity contribution in [3.8, 4) is 5.75 Å². The van der Waals surface area contributed by atoms with E-state index < -0.39 is 28.5 Å². The number of hydrogen-bond acceptors (Lipinski definition) is 5. The Morgan fingerprint density at radius 2 is 1.59 bits per heavy atom. The molecule has 0 saturated carbocycles. The maximum Gasteiger partial charge on any atom is 0.264 e. The highest BCUT2D eigenvalue weighted by Crippen LogP contribution is 2.32. The average molecular weight is 617 g/mol. The van der Waals surface area contributed by atoms with E-state index in [9.17, 15) is 18.0 Å². The van der Waals surface area contributed by atoms with Crippen molar-refractivity contribution in [3.63, 3.8) is 0 Å². The van der Waals surface area contributed by atoms with Crippen molar-refractivity contribution in [1.29, 1.82) is 0 Å². The van der Waals surface area contributed by atoms with Crippen LogP contribution in [0.15, 0.2) is 88.2 Å². The van der Waals surface area contributed by atoms with Crippen molar-refractivity contribution >= 4 is 43.5 Å². The minimum atomic E-state index is -4.16. The highest BCUT2D eigenvalue weighted by molar-refractivity contribution is 9.10. The number of nitrogens with one attached hydrogen (secondary N) is 1. The van der Waals surface area contributed by atoms with Crippen LogP contribution in [0.25, 0.3) is 0 Å². The number of hydrogen-bond donors (Lipinski definition) is 1. The number of halogens is 1.